The minimum atomic E-state index is -0.0689. The van der Waals surface area contributed by atoms with Gasteiger partial charge in [-0.1, -0.05) is 18.2 Å². The number of piperazine rings is 1. The lowest BCUT2D eigenvalue weighted by atomic mass is 10.1. The number of hydrazine groups is 1. The summed E-state index contributed by atoms with van der Waals surface area (Å²) in [5.41, 5.74) is 10.1. The van der Waals surface area contributed by atoms with Crippen LogP contribution >= 0.6 is 0 Å². The van der Waals surface area contributed by atoms with Gasteiger partial charge in [0.25, 0.3) is 5.91 Å². The van der Waals surface area contributed by atoms with Crippen LogP contribution in [-0.2, 0) is 6.54 Å². The first kappa shape index (κ1) is 13.0. The molecule has 1 aliphatic heterocycles. The molecule has 1 aliphatic rings. The molecule has 0 atom stereocenters. The van der Waals surface area contributed by atoms with E-state index in [-0.39, 0.29) is 5.91 Å². The number of benzene rings is 1. The first-order valence-corrected chi connectivity index (χ1v) is 6.23. The molecule has 0 bridgehead atoms. The van der Waals surface area contributed by atoms with Gasteiger partial charge in [-0.05, 0) is 18.7 Å². The zero-order valence-electron chi connectivity index (χ0n) is 10.7. The van der Waals surface area contributed by atoms with Crippen molar-refractivity contribution in [3.8, 4) is 0 Å². The van der Waals surface area contributed by atoms with Crippen LogP contribution in [0.2, 0.25) is 0 Å². The molecule has 0 aliphatic carbocycles. The topological polar surface area (TPSA) is 61.6 Å². The quantitative estimate of drug-likeness (QED) is 0.793. The summed E-state index contributed by atoms with van der Waals surface area (Å²) < 4.78 is 0. The van der Waals surface area contributed by atoms with Crippen molar-refractivity contribution in [3.05, 3.63) is 35.4 Å². The van der Waals surface area contributed by atoms with Crippen LogP contribution in [0.15, 0.2) is 24.3 Å². The third kappa shape index (κ3) is 3.07. The molecule has 0 unspecified atom stereocenters. The second kappa shape index (κ2) is 5.95. The fourth-order valence-corrected chi connectivity index (χ4v) is 2.04. The van der Waals surface area contributed by atoms with Gasteiger partial charge in [-0.25, -0.2) is 5.01 Å². The Morgan fingerprint density at radius 3 is 2.61 bits per heavy atom. The van der Waals surface area contributed by atoms with Crippen molar-refractivity contribution in [1.82, 2.24) is 15.3 Å². The molecule has 18 heavy (non-hydrogen) atoms. The van der Waals surface area contributed by atoms with Crippen molar-refractivity contribution in [2.75, 3.05) is 33.2 Å². The first-order chi connectivity index (χ1) is 8.70. The zero-order chi connectivity index (χ0) is 13.0. The van der Waals surface area contributed by atoms with E-state index in [9.17, 15) is 4.79 Å². The predicted octanol–water partition coefficient (Wildman–Crippen LogP) is 0.0375. The summed E-state index contributed by atoms with van der Waals surface area (Å²) in [6.45, 7) is 4.03. The molecule has 5 heteroatoms. The normalized spacial score (nSPS) is 17.7. The van der Waals surface area contributed by atoms with E-state index in [2.05, 4.69) is 17.4 Å². The van der Waals surface area contributed by atoms with Gasteiger partial charge >= 0.3 is 0 Å². The summed E-state index contributed by atoms with van der Waals surface area (Å²) in [5.74, 6) is -0.0689. The third-order valence-corrected chi connectivity index (χ3v) is 3.24. The zero-order valence-corrected chi connectivity index (χ0v) is 10.7. The van der Waals surface area contributed by atoms with E-state index in [4.69, 9.17) is 5.73 Å². The summed E-state index contributed by atoms with van der Waals surface area (Å²) >= 11 is 0. The molecule has 0 radical (unpaired) electrons. The third-order valence-electron chi connectivity index (χ3n) is 3.24. The van der Waals surface area contributed by atoms with E-state index in [1.165, 1.54) is 0 Å². The number of hydrogen-bond donors (Lipinski definition) is 2. The number of nitrogens with zero attached hydrogens (tertiary/aromatic N) is 2. The molecule has 0 saturated carbocycles. The van der Waals surface area contributed by atoms with Crippen LogP contribution in [0.3, 0.4) is 0 Å². The van der Waals surface area contributed by atoms with Gasteiger partial charge in [0.15, 0.2) is 0 Å². The Morgan fingerprint density at radius 2 is 1.94 bits per heavy atom. The number of carbonyl (C=O) groups is 1. The van der Waals surface area contributed by atoms with Gasteiger partial charge < -0.3 is 10.6 Å². The first-order valence-electron chi connectivity index (χ1n) is 6.23. The average Bonchev–Trinajstić information content (AvgIpc) is 2.41. The molecule has 1 aromatic carbocycles. The van der Waals surface area contributed by atoms with Crippen LogP contribution in [0.25, 0.3) is 0 Å². The van der Waals surface area contributed by atoms with Crippen LogP contribution in [0.5, 0.6) is 0 Å². The van der Waals surface area contributed by atoms with Crippen molar-refractivity contribution in [3.63, 3.8) is 0 Å². The van der Waals surface area contributed by atoms with E-state index in [1.54, 1.807) is 0 Å². The fourth-order valence-electron chi connectivity index (χ4n) is 2.04. The average molecular weight is 248 g/mol. The highest BCUT2D eigenvalue weighted by atomic mass is 16.2. The molecule has 1 aromatic rings. The molecule has 3 N–H and O–H groups in total. The summed E-state index contributed by atoms with van der Waals surface area (Å²) in [6, 6.07) is 7.46. The molecule has 1 saturated heterocycles. The van der Waals surface area contributed by atoms with Crippen LogP contribution in [0.4, 0.5) is 0 Å². The van der Waals surface area contributed by atoms with E-state index in [1.807, 2.05) is 29.3 Å². The number of nitrogens with one attached hydrogen (secondary N) is 1. The Bertz CT molecular complexity index is 413. The van der Waals surface area contributed by atoms with Gasteiger partial charge in [0.05, 0.1) is 0 Å². The maximum absolute atomic E-state index is 12.2. The van der Waals surface area contributed by atoms with Crippen molar-refractivity contribution < 1.29 is 4.79 Å². The maximum atomic E-state index is 12.2. The number of nitrogens with two attached hydrogens (primary N) is 1. The molecule has 1 fully saturated rings. The molecular formula is C13H20N4O. The SMILES string of the molecule is CN1CCN(NC(=O)c2ccccc2CN)CC1. The van der Waals surface area contributed by atoms with Gasteiger partial charge in [0.2, 0.25) is 0 Å². The Labute approximate surface area is 108 Å². The van der Waals surface area contributed by atoms with E-state index >= 15 is 0 Å². The van der Waals surface area contributed by atoms with Crippen molar-refractivity contribution >= 4 is 5.91 Å². The standard InChI is InChI=1S/C13H20N4O/c1-16-6-8-17(9-7-16)15-13(18)12-5-3-2-4-11(12)10-14/h2-5H,6-10,14H2,1H3,(H,15,18). The van der Waals surface area contributed by atoms with Gasteiger partial charge in [-0.2, -0.15) is 0 Å². The summed E-state index contributed by atoms with van der Waals surface area (Å²) in [5, 5.41) is 1.97. The molecule has 1 amide bonds. The van der Waals surface area contributed by atoms with E-state index < -0.39 is 0 Å². The summed E-state index contributed by atoms with van der Waals surface area (Å²) in [7, 11) is 2.09. The molecule has 1 heterocycles. The highest BCUT2D eigenvalue weighted by Gasteiger charge is 2.17. The Hall–Kier alpha value is -1.43. The second-order valence-corrected chi connectivity index (χ2v) is 4.59. The predicted molar refractivity (Wildman–Crippen MR) is 70.9 cm³/mol. The maximum Gasteiger partial charge on any atom is 0.265 e. The summed E-state index contributed by atoms with van der Waals surface area (Å²) in [4.78, 5) is 14.4. The molecule has 2 rings (SSSR count). The van der Waals surface area contributed by atoms with Crippen molar-refractivity contribution in [2.45, 2.75) is 6.54 Å². The lowest BCUT2D eigenvalue weighted by Gasteiger charge is -2.32. The molecule has 98 valence electrons. The highest BCUT2D eigenvalue weighted by molar-refractivity contribution is 5.95. The number of carbonyl (C=O) groups excluding carboxylic acids is 1. The smallest absolute Gasteiger partial charge is 0.265 e. The lowest BCUT2D eigenvalue weighted by molar-refractivity contribution is 0.0661. The van der Waals surface area contributed by atoms with E-state index in [0.717, 1.165) is 31.7 Å². The minimum absolute atomic E-state index is 0.0689. The molecular weight excluding hydrogens is 228 g/mol. The monoisotopic (exact) mass is 248 g/mol. The fraction of sp³-hybridized carbons (Fsp3) is 0.462. The Kier molecular flexibility index (Phi) is 4.30. The van der Waals surface area contributed by atoms with E-state index in [0.29, 0.717) is 12.1 Å². The number of rotatable bonds is 3. The molecule has 0 spiro atoms. The molecule has 0 aromatic heterocycles. The molecule has 5 nitrogen and oxygen atoms in total. The Balaban J connectivity index is 1.99. The largest absolute Gasteiger partial charge is 0.326 e. The lowest BCUT2D eigenvalue weighted by Crippen LogP contribution is -2.52. The summed E-state index contributed by atoms with van der Waals surface area (Å²) in [6.07, 6.45) is 0. The van der Waals surface area contributed by atoms with Crippen molar-refractivity contribution in [1.29, 1.82) is 0 Å². The van der Waals surface area contributed by atoms with Crippen LogP contribution in [0, 0.1) is 0 Å². The number of hydrogen-bond acceptors (Lipinski definition) is 4. The van der Waals surface area contributed by atoms with Crippen molar-refractivity contribution in [2.24, 2.45) is 5.73 Å². The Morgan fingerprint density at radius 1 is 1.28 bits per heavy atom. The van der Waals surface area contributed by atoms with Gasteiger partial charge in [0, 0.05) is 38.3 Å². The van der Waals surface area contributed by atoms with Gasteiger partial charge in [-0.3, -0.25) is 10.2 Å². The number of amides is 1. The van der Waals surface area contributed by atoms with Crippen LogP contribution < -0.4 is 11.2 Å². The van der Waals surface area contributed by atoms with Gasteiger partial charge in [0.1, 0.15) is 0 Å². The number of likely N-dealkylation sites (N-methyl/N-ethyl adjacent to an activating group) is 1. The minimum Gasteiger partial charge on any atom is -0.326 e. The second-order valence-electron chi connectivity index (χ2n) is 4.59. The van der Waals surface area contributed by atoms with Crippen LogP contribution in [-0.4, -0.2) is 49.0 Å². The highest BCUT2D eigenvalue weighted by Crippen LogP contribution is 2.08. The van der Waals surface area contributed by atoms with Gasteiger partial charge in [-0.15, -0.1) is 0 Å². The van der Waals surface area contributed by atoms with Crippen LogP contribution in [0.1, 0.15) is 15.9 Å².